The summed E-state index contributed by atoms with van der Waals surface area (Å²) in [7, 11) is 0. The van der Waals surface area contributed by atoms with Crippen molar-refractivity contribution >= 4 is 21.6 Å². The summed E-state index contributed by atoms with van der Waals surface area (Å²) >= 11 is 3.14. The van der Waals surface area contributed by atoms with Gasteiger partial charge in [-0.15, -0.1) is 0 Å². The third-order valence-electron chi connectivity index (χ3n) is 1.66. The largest absolute Gasteiger partial charge is 0.389 e. The van der Waals surface area contributed by atoms with Gasteiger partial charge < -0.3 is 10.4 Å². The first kappa shape index (κ1) is 11.4. The highest BCUT2D eigenvalue weighted by atomic mass is 79.9. The molecule has 0 amide bonds. The molecule has 1 aromatic rings. The maximum Gasteiger partial charge on any atom is 0.147 e. The molecule has 5 heteroatoms. The quantitative estimate of drug-likeness (QED) is 0.876. The van der Waals surface area contributed by atoms with Crippen molar-refractivity contribution in [1.29, 1.82) is 0 Å². The van der Waals surface area contributed by atoms with Crippen LogP contribution in [0.25, 0.3) is 0 Å². The maximum atomic E-state index is 13.1. The van der Waals surface area contributed by atoms with Crippen molar-refractivity contribution in [1.82, 2.24) is 0 Å². The SMILES string of the molecule is OC(CF)CNc1c(F)cccc1Br. The zero-order chi connectivity index (χ0) is 10.6. The van der Waals surface area contributed by atoms with E-state index in [4.69, 9.17) is 5.11 Å². The van der Waals surface area contributed by atoms with E-state index in [-0.39, 0.29) is 12.2 Å². The van der Waals surface area contributed by atoms with Crippen molar-refractivity contribution < 1.29 is 13.9 Å². The number of benzene rings is 1. The molecule has 0 spiro atoms. The Kier molecular flexibility index (Phi) is 4.28. The lowest BCUT2D eigenvalue weighted by molar-refractivity contribution is 0.151. The highest BCUT2D eigenvalue weighted by Crippen LogP contribution is 2.24. The van der Waals surface area contributed by atoms with Crippen LogP contribution in [0.3, 0.4) is 0 Å². The molecule has 0 fully saturated rings. The molecule has 2 N–H and O–H groups in total. The fourth-order valence-corrected chi connectivity index (χ4v) is 1.42. The van der Waals surface area contributed by atoms with Gasteiger partial charge in [0.1, 0.15) is 12.5 Å². The fraction of sp³-hybridized carbons (Fsp3) is 0.333. The van der Waals surface area contributed by atoms with Crippen LogP contribution in [-0.2, 0) is 0 Å². The molecule has 0 saturated carbocycles. The number of alkyl halides is 1. The van der Waals surface area contributed by atoms with E-state index < -0.39 is 18.6 Å². The molecular weight excluding hydrogens is 256 g/mol. The number of anilines is 1. The highest BCUT2D eigenvalue weighted by Gasteiger charge is 2.08. The van der Waals surface area contributed by atoms with Crippen LogP contribution in [0.2, 0.25) is 0 Å². The molecule has 78 valence electrons. The number of hydrogen-bond donors (Lipinski definition) is 2. The molecule has 0 heterocycles. The van der Waals surface area contributed by atoms with Gasteiger partial charge in [0.05, 0.1) is 11.8 Å². The second kappa shape index (κ2) is 5.26. The normalized spacial score (nSPS) is 12.6. The van der Waals surface area contributed by atoms with E-state index in [1.807, 2.05) is 0 Å². The van der Waals surface area contributed by atoms with Crippen molar-refractivity contribution in [2.75, 3.05) is 18.5 Å². The van der Waals surface area contributed by atoms with Gasteiger partial charge in [-0.1, -0.05) is 6.07 Å². The van der Waals surface area contributed by atoms with Gasteiger partial charge in [-0.3, -0.25) is 0 Å². The van der Waals surface area contributed by atoms with Crippen molar-refractivity contribution in [3.8, 4) is 0 Å². The Morgan fingerprint density at radius 1 is 1.50 bits per heavy atom. The molecule has 1 aromatic carbocycles. The van der Waals surface area contributed by atoms with E-state index in [0.29, 0.717) is 4.47 Å². The molecule has 0 aliphatic carbocycles. The van der Waals surface area contributed by atoms with Gasteiger partial charge in [-0.05, 0) is 28.1 Å². The summed E-state index contributed by atoms with van der Waals surface area (Å²) in [4.78, 5) is 0. The van der Waals surface area contributed by atoms with Crippen LogP contribution in [0, 0.1) is 5.82 Å². The van der Waals surface area contributed by atoms with Crippen LogP contribution in [-0.4, -0.2) is 24.4 Å². The summed E-state index contributed by atoms with van der Waals surface area (Å²) < 4.78 is 25.6. The second-order valence-electron chi connectivity index (χ2n) is 2.79. The van der Waals surface area contributed by atoms with Crippen LogP contribution < -0.4 is 5.32 Å². The Balaban J connectivity index is 2.66. The standard InChI is InChI=1S/C9H10BrF2NO/c10-7-2-1-3-8(12)9(7)13-5-6(14)4-11/h1-3,6,13-14H,4-5H2. The molecule has 1 rings (SSSR count). The highest BCUT2D eigenvalue weighted by molar-refractivity contribution is 9.10. The first-order chi connectivity index (χ1) is 6.65. The van der Waals surface area contributed by atoms with E-state index in [9.17, 15) is 8.78 Å². The third-order valence-corrected chi connectivity index (χ3v) is 2.32. The second-order valence-corrected chi connectivity index (χ2v) is 3.64. The molecule has 1 atom stereocenters. The van der Waals surface area contributed by atoms with E-state index in [0.717, 1.165) is 0 Å². The van der Waals surface area contributed by atoms with Crippen molar-refractivity contribution in [2.45, 2.75) is 6.10 Å². The lowest BCUT2D eigenvalue weighted by Gasteiger charge is -2.11. The lowest BCUT2D eigenvalue weighted by Crippen LogP contribution is -2.21. The van der Waals surface area contributed by atoms with Crippen molar-refractivity contribution in [3.63, 3.8) is 0 Å². The molecule has 0 saturated heterocycles. The van der Waals surface area contributed by atoms with Gasteiger partial charge in [0.2, 0.25) is 0 Å². The Bertz CT molecular complexity index is 289. The van der Waals surface area contributed by atoms with E-state index in [1.54, 1.807) is 12.1 Å². The van der Waals surface area contributed by atoms with Gasteiger partial charge in [0.15, 0.2) is 0 Å². The zero-order valence-corrected chi connectivity index (χ0v) is 8.89. The van der Waals surface area contributed by atoms with Gasteiger partial charge in [-0.2, -0.15) is 0 Å². The number of halogens is 3. The summed E-state index contributed by atoms with van der Waals surface area (Å²) in [5.41, 5.74) is 0.236. The summed E-state index contributed by atoms with van der Waals surface area (Å²) in [5, 5.41) is 11.5. The summed E-state index contributed by atoms with van der Waals surface area (Å²) in [6.45, 7) is -0.866. The number of para-hydroxylation sites is 1. The van der Waals surface area contributed by atoms with Gasteiger partial charge >= 0.3 is 0 Å². The minimum atomic E-state index is -1.11. The predicted octanol–water partition coefficient (Wildman–Crippen LogP) is 2.33. The number of nitrogens with one attached hydrogen (secondary N) is 1. The molecule has 0 bridgehead atoms. The minimum absolute atomic E-state index is 0.0178. The smallest absolute Gasteiger partial charge is 0.147 e. The van der Waals surface area contributed by atoms with Crippen LogP contribution in [0.1, 0.15) is 0 Å². The van der Waals surface area contributed by atoms with E-state index >= 15 is 0 Å². The molecule has 0 radical (unpaired) electrons. The topological polar surface area (TPSA) is 32.3 Å². The third kappa shape index (κ3) is 2.92. The summed E-state index contributed by atoms with van der Waals surface area (Å²) in [5.74, 6) is -0.439. The zero-order valence-electron chi connectivity index (χ0n) is 7.30. The Morgan fingerprint density at radius 2 is 2.21 bits per heavy atom. The summed E-state index contributed by atoms with van der Waals surface area (Å²) in [6, 6.07) is 4.50. The molecule has 0 aliphatic heterocycles. The maximum absolute atomic E-state index is 13.1. The Morgan fingerprint density at radius 3 is 2.79 bits per heavy atom. The number of aliphatic hydroxyl groups excluding tert-OH is 1. The number of aliphatic hydroxyl groups is 1. The molecular formula is C9H10BrF2NO. The molecule has 1 unspecified atom stereocenters. The van der Waals surface area contributed by atoms with Crippen LogP contribution >= 0.6 is 15.9 Å². The Labute approximate surface area is 89.1 Å². The van der Waals surface area contributed by atoms with Gasteiger partial charge in [0, 0.05) is 11.0 Å². The van der Waals surface area contributed by atoms with Gasteiger partial charge in [0.25, 0.3) is 0 Å². The molecule has 0 aromatic heterocycles. The van der Waals surface area contributed by atoms with E-state index in [1.165, 1.54) is 6.07 Å². The molecule has 2 nitrogen and oxygen atoms in total. The van der Waals surface area contributed by atoms with Crippen LogP contribution in [0.5, 0.6) is 0 Å². The number of rotatable bonds is 4. The summed E-state index contributed by atoms with van der Waals surface area (Å²) in [6.07, 6.45) is -1.11. The average molecular weight is 266 g/mol. The first-order valence-electron chi connectivity index (χ1n) is 4.07. The Hall–Kier alpha value is -0.680. The minimum Gasteiger partial charge on any atom is -0.389 e. The monoisotopic (exact) mass is 265 g/mol. The fourth-order valence-electron chi connectivity index (χ4n) is 0.941. The molecule has 14 heavy (non-hydrogen) atoms. The van der Waals surface area contributed by atoms with Crippen molar-refractivity contribution in [3.05, 3.63) is 28.5 Å². The van der Waals surface area contributed by atoms with E-state index in [2.05, 4.69) is 21.2 Å². The van der Waals surface area contributed by atoms with Crippen molar-refractivity contribution in [2.24, 2.45) is 0 Å². The first-order valence-corrected chi connectivity index (χ1v) is 4.86. The molecule has 0 aliphatic rings. The van der Waals surface area contributed by atoms with Crippen LogP contribution in [0.15, 0.2) is 22.7 Å². The average Bonchev–Trinajstić information content (AvgIpc) is 2.16. The predicted molar refractivity (Wildman–Crippen MR) is 54.6 cm³/mol. The van der Waals surface area contributed by atoms with Crippen LogP contribution in [0.4, 0.5) is 14.5 Å². The van der Waals surface area contributed by atoms with Gasteiger partial charge in [-0.25, -0.2) is 8.78 Å². The lowest BCUT2D eigenvalue weighted by atomic mass is 10.3. The number of hydrogen-bond acceptors (Lipinski definition) is 2.